The van der Waals surface area contributed by atoms with Gasteiger partial charge in [0.05, 0.1) is 19.1 Å². The van der Waals surface area contributed by atoms with Gasteiger partial charge >= 0.3 is 7.60 Å². The molecule has 4 N–H and O–H groups in total. The lowest BCUT2D eigenvalue weighted by molar-refractivity contribution is 0.0788. The van der Waals surface area contributed by atoms with Gasteiger partial charge in [0, 0.05) is 25.9 Å². The number of ether oxygens (including phenoxy) is 2. The van der Waals surface area contributed by atoms with E-state index in [1.54, 1.807) is 10.9 Å². The van der Waals surface area contributed by atoms with E-state index >= 15 is 0 Å². The van der Waals surface area contributed by atoms with Crippen LogP contribution in [0.3, 0.4) is 0 Å². The average Bonchev–Trinajstić information content (AvgIpc) is 3.71. The number of nitrogen functional groups attached to an aromatic ring is 1. The van der Waals surface area contributed by atoms with Crippen molar-refractivity contribution in [1.29, 1.82) is 0 Å². The normalized spacial score (nSPS) is 14.8. The molecule has 11 nitrogen and oxygen atoms in total. The van der Waals surface area contributed by atoms with Crippen molar-refractivity contribution in [2.75, 3.05) is 43.6 Å². The number of nitrogens with one attached hydrogen (secondary N) is 1. The molecule has 246 valence electrons. The lowest BCUT2D eigenvalue weighted by Gasteiger charge is -2.12. The molecule has 2 heterocycles. The van der Waals surface area contributed by atoms with Crippen molar-refractivity contribution in [1.82, 2.24) is 19.5 Å². The van der Waals surface area contributed by atoms with Crippen LogP contribution < -0.4 is 11.1 Å². The molecule has 1 fully saturated rings. The van der Waals surface area contributed by atoms with E-state index in [-0.39, 0.29) is 25.4 Å². The minimum atomic E-state index is -3.65. The van der Waals surface area contributed by atoms with E-state index in [9.17, 15) is 9.46 Å². The molecule has 0 saturated heterocycles. The van der Waals surface area contributed by atoms with Crippen LogP contribution in [-0.2, 0) is 25.3 Å². The van der Waals surface area contributed by atoms with Crippen molar-refractivity contribution in [3.05, 3.63) is 6.33 Å². The zero-order valence-corrected chi connectivity index (χ0v) is 27.4. The number of anilines is 2. The first-order valence-electron chi connectivity index (χ1n) is 16.8. The summed E-state index contributed by atoms with van der Waals surface area (Å²) < 4.78 is 30.7. The first kappa shape index (κ1) is 35.7. The Labute approximate surface area is 258 Å². The molecule has 0 aromatic carbocycles. The van der Waals surface area contributed by atoms with Gasteiger partial charge < -0.3 is 29.9 Å². The Morgan fingerprint density at radius 1 is 0.860 bits per heavy atom. The standard InChI is InChI=1S/C31H57N6O5P/c1-2-3-4-5-6-7-8-9-10-11-12-13-14-15-20-40-21-16-23-42-43(38,39)24-17-22-41-26-37-25-33-28-29(34-27-18-19-27)35-31(32)36-30(28)37/h25,27H,2-24,26H2,1H3,(H,38,39)(H3,32,34,35,36). The minimum absolute atomic E-state index is 0.0438. The van der Waals surface area contributed by atoms with Gasteiger partial charge in [-0.3, -0.25) is 9.13 Å². The zero-order chi connectivity index (χ0) is 30.6. The number of nitrogens with two attached hydrogens (primary N) is 1. The number of rotatable bonds is 28. The van der Waals surface area contributed by atoms with E-state index in [2.05, 4.69) is 27.2 Å². The molecule has 12 heteroatoms. The van der Waals surface area contributed by atoms with Crippen molar-refractivity contribution in [2.24, 2.45) is 0 Å². The molecule has 1 aliphatic rings. The Kier molecular flexibility index (Phi) is 17.5. The Balaban J connectivity index is 1.10. The van der Waals surface area contributed by atoms with Crippen LogP contribution in [0.15, 0.2) is 6.33 Å². The first-order valence-corrected chi connectivity index (χ1v) is 18.6. The van der Waals surface area contributed by atoms with Crippen molar-refractivity contribution in [3.8, 4) is 0 Å². The molecule has 1 unspecified atom stereocenters. The topological polar surface area (TPSA) is 147 Å². The molecule has 2 aromatic heterocycles. The summed E-state index contributed by atoms with van der Waals surface area (Å²) in [4.78, 5) is 23.1. The van der Waals surface area contributed by atoms with E-state index in [1.807, 2.05) is 0 Å². The van der Waals surface area contributed by atoms with Crippen LogP contribution in [-0.4, -0.2) is 63.0 Å². The SMILES string of the molecule is CCCCCCCCCCCCCCCCOCCCOP(=O)(O)CCCOCn1cnc2c(NC3CC3)nc(N)nc21. The van der Waals surface area contributed by atoms with Crippen LogP contribution >= 0.6 is 7.60 Å². The van der Waals surface area contributed by atoms with Crippen molar-refractivity contribution in [3.63, 3.8) is 0 Å². The number of imidazole rings is 1. The molecule has 3 rings (SSSR count). The number of aromatic nitrogens is 4. The van der Waals surface area contributed by atoms with Crippen LogP contribution in [0, 0.1) is 0 Å². The molecule has 1 aliphatic carbocycles. The van der Waals surface area contributed by atoms with Gasteiger partial charge in [-0.2, -0.15) is 9.97 Å². The Morgan fingerprint density at radius 2 is 1.47 bits per heavy atom. The van der Waals surface area contributed by atoms with Gasteiger partial charge in [-0.05, 0) is 32.1 Å². The van der Waals surface area contributed by atoms with Gasteiger partial charge in [0.25, 0.3) is 0 Å². The van der Waals surface area contributed by atoms with Gasteiger partial charge in [0.2, 0.25) is 5.95 Å². The summed E-state index contributed by atoms with van der Waals surface area (Å²) in [6, 6.07) is 0.418. The molecule has 0 bridgehead atoms. The summed E-state index contributed by atoms with van der Waals surface area (Å²) in [7, 11) is -3.65. The number of nitrogens with zero attached hydrogens (tertiary/aromatic N) is 4. The molecular formula is C31H57N6O5P. The molecule has 0 amide bonds. The van der Waals surface area contributed by atoms with Gasteiger partial charge in [-0.25, -0.2) is 4.98 Å². The van der Waals surface area contributed by atoms with Crippen molar-refractivity contribution >= 4 is 30.5 Å². The van der Waals surface area contributed by atoms with E-state index in [0.717, 1.165) is 25.9 Å². The first-order chi connectivity index (χ1) is 21.0. The Hall–Kier alpha value is -1.78. The highest BCUT2D eigenvalue weighted by Gasteiger charge is 2.24. The third-order valence-electron chi connectivity index (χ3n) is 7.73. The van der Waals surface area contributed by atoms with Gasteiger partial charge in [-0.1, -0.05) is 90.4 Å². The molecule has 0 radical (unpaired) electrons. The molecule has 1 saturated carbocycles. The third kappa shape index (κ3) is 15.7. The van der Waals surface area contributed by atoms with Gasteiger partial charge in [0.1, 0.15) is 6.73 Å². The van der Waals surface area contributed by atoms with E-state index in [1.165, 1.54) is 83.5 Å². The Bertz CT molecular complexity index is 1070. The fourth-order valence-corrected chi connectivity index (χ4v) is 6.11. The third-order valence-corrected chi connectivity index (χ3v) is 9.19. The average molecular weight is 625 g/mol. The van der Waals surface area contributed by atoms with E-state index in [0.29, 0.717) is 49.1 Å². The lowest BCUT2D eigenvalue weighted by atomic mass is 10.0. The second-order valence-electron chi connectivity index (χ2n) is 11.9. The number of fused-ring (bicyclic) bond motifs is 1. The fraction of sp³-hybridized carbons (Fsp3) is 0.839. The highest BCUT2D eigenvalue weighted by atomic mass is 31.2. The van der Waals surface area contributed by atoms with E-state index in [4.69, 9.17) is 19.7 Å². The minimum Gasteiger partial charge on any atom is -0.381 e. The summed E-state index contributed by atoms with van der Waals surface area (Å²) in [6.45, 7) is 4.30. The second kappa shape index (κ2) is 21.0. The van der Waals surface area contributed by atoms with Crippen LogP contribution in [0.4, 0.5) is 11.8 Å². The summed E-state index contributed by atoms with van der Waals surface area (Å²) >= 11 is 0. The molecular weight excluding hydrogens is 567 g/mol. The predicted molar refractivity (Wildman–Crippen MR) is 173 cm³/mol. The van der Waals surface area contributed by atoms with Gasteiger partial charge in [-0.15, -0.1) is 0 Å². The number of hydrogen-bond donors (Lipinski definition) is 3. The highest BCUT2D eigenvalue weighted by molar-refractivity contribution is 7.52. The molecule has 0 spiro atoms. The van der Waals surface area contributed by atoms with Crippen LogP contribution in [0.1, 0.15) is 122 Å². The Morgan fingerprint density at radius 3 is 2.12 bits per heavy atom. The van der Waals surface area contributed by atoms with Crippen molar-refractivity contribution < 1.29 is 23.5 Å². The molecule has 2 aromatic rings. The summed E-state index contributed by atoms with van der Waals surface area (Å²) in [6.07, 6.45) is 23.7. The van der Waals surface area contributed by atoms with Crippen LogP contribution in [0.2, 0.25) is 0 Å². The lowest BCUT2D eigenvalue weighted by Crippen LogP contribution is -2.09. The molecule has 0 aliphatic heterocycles. The van der Waals surface area contributed by atoms with Gasteiger partial charge in [0.15, 0.2) is 17.0 Å². The predicted octanol–water partition coefficient (Wildman–Crippen LogP) is 7.44. The molecule has 43 heavy (non-hydrogen) atoms. The van der Waals surface area contributed by atoms with Crippen LogP contribution in [0.25, 0.3) is 11.2 Å². The monoisotopic (exact) mass is 624 g/mol. The quantitative estimate of drug-likeness (QED) is 0.0645. The maximum absolute atomic E-state index is 12.3. The summed E-state index contributed by atoms with van der Waals surface area (Å²) in [5.41, 5.74) is 7.12. The highest BCUT2D eigenvalue weighted by Crippen LogP contribution is 2.42. The maximum Gasteiger partial charge on any atom is 0.328 e. The number of hydrogen-bond acceptors (Lipinski definition) is 9. The smallest absolute Gasteiger partial charge is 0.328 e. The van der Waals surface area contributed by atoms with Crippen molar-refractivity contribution in [2.45, 2.75) is 135 Å². The summed E-state index contributed by atoms with van der Waals surface area (Å²) in [5.74, 6) is 0.818. The number of unbranched alkanes of at least 4 members (excludes halogenated alkanes) is 13. The van der Waals surface area contributed by atoms with E-state index < -0.39 is 7.60 Å². The largest absolute Gasteiger partial charge is 0.381 e. The zero-order valence-electron chi connectivity index (χ0n) is 26.5. The fourth-order valence-electron chi connectivity index (χ4n) is 5.04. The maximum atomic E-state index is 12.3. The second-order valence-corrected chi connectivity index (χ2v) is 13.9. The molecule has 1 atom stereocenters. The summed E-state index contributed by atoms with van der Waals surface area (Å²) in [5, 5.41) is 3.33. The van der Waals surface area contributed by atoms with Crippen LogP contribution in [0.5, 0.6) is 0 Å².